The smallest absolute Gasteiger partial charge is 0.181 e. The molecule has 20 heavy (non-hydrogen) atoms. The van der Waals surface area contributed by atoms with Crippen LogP contribution in [-0.4, -0.2) is 11.5 Å². The van der Waals surface area contributed by atoms with Crippen molar-refractivity contribution in [1.82, 2.24) is 4.98 Å². The molecule has 0 unspecified atom stereocenters. The Bertz CT molecular complexity index is 565. The van der Waals surface area contributed by atoms with E-state index in [1.807, 2.05) is 24.3 Å². The van der Waals surface area contributed by atoms with Crippen LogP contribution >= 0.6 is 0 Å². The molecule has 0 amide bonds. The molecular formula is C16H19N3O. The molecule has 0 radical (unpaired) electrons. The first-order valence-electron chi connectivity index (χ1n) is 6.70. The number of nitriles is 1. The van der Waals surface area contributed by atoms with E-state index in [2.05, 4.69) is 30.2 Å². The van der Waals surface area contributed by atoms with Crippen LogP contribution in [0, 0.1) is 16.7 Å². The predicted molar refractivity (Wildman–Crippen MR) is 79.1 cm³/mol. The van der Waals surface area contributed by atoms with Gasteiger partial charge in [-0.2, -0.15) is 5.26 Å². The van der Waals surface area contributed by atoms with Crippen molar-refractivity contribution in [2.75, 3.05) is 11.9 Å². The SMILES string of the molecule is CC(C)(CCC#N)CNc1ccc(-c2cnco2)cc1. The Morgan fingerprint density at radius 1 is 1.30 bits per heavy atom. The van der Waals surface area contributed by atoms with Crippen LogP contribution in [0.4, 0.5) is 5.69 Å². The van der Waals surface area contributed by atoms with Gasteiger partial charge in [0.2, 0.25) is 0 Å². The molecule has 0 atom stereocenters. The molecule has 0 bridgehead atoms. The lowest BCUT2D eigenvalue weighted by Gasteiger charge is -2.24. The maximum absolute atomic E-state index is 8.65. The van der Waals surface area contributed by atoms with Crippen molar-refractivity contribution in [2.45, 2.75) is 26.7 Å². The first-order chi connectivity index (χ1) is 9.61. The highest BCUT2D eigenvalue weighted by Gasteiger charge is 2.16. The van der Waals surface area contributed by atoms with Crippen molar-refractivity contribution >= 4 is 5.69 Å². The normalized spacial score (nSPS) is 11.1. The zero-order valence-corrected chi connectivity index (χ0v) is 11.9. The summed E-state index contributed by atoms with van der Waals surface area (Å²) in [4.78, 5) is 3.91. The van der Waals surface area contributed by atoms with E-state index in [0.29, 0.717) is 6.42 Å². The molecule has 2 aromatic rings. The molecule has 4 heteroatoms. The van der Waals surface area contributed by atoms with Gasteiger partial charge < -0.3 is 9.73 Å². The fourth-order valence-corrected chi connectivity index (χ4v) is 1.93. The van der Waals surface area contributed by atoms with Gasteiger partial charge in [-0.3, -0.25) is 0 Å². The molecule has 0 aliphatic heterocycles. The van der Waals surface area contributed by atoms with E-state index in [9.17, 15) is 0 Å². The fraction of sp³-hybridized carbons (Fsp3) is 0.375. The number of hydrogen-bond donors (Lipinski definition) is 1. The average molecular weight is 269 g/mol. The summed E-state index contributed by atoms with van der Waals surface area (Å²) < 4.78 is 5.26. The summed E-state index contributed by atoms with van der Waals surface area (Å²) in [6.45, 7) is 5.18. The zero-order chi connectivity index (χ0) is 14.4. The fourth-order valence-electron chi connectivity index (χ4n) is 1.93. The number of anilines is 1. The van der Waals surface area contributed by atoms with Gasteiger partial charge in [0.25, 0.3) is 0 Å². The van der Waals surface area contributed by atoms with Crippen molar-refractivity contribution in [3.05, 3.63) is 36.9 Å². The highest BCUT2D eigenvalue weighted by atomic mass is 16.3. The minimum Gasteiger partial charge on any atom is -0.444 e. The highest BCUT2D eigenvalue weighted by Crippen LogP contribution is 2.24. The number of rotatable bonds is 6. The molecule has 0 saturated carbocycles. The van der Waals surface area contributed by atoms with E-state index in [1.165, 1.54) is 6.39 Å². The molecule has 1 aromatic heterocycles. The van der Waals surface area contributed by atoms with E-state index >= 15 is 0 Å². The second-order valence-electron chi connectivity index (χ2n) is 5.62. The summed E-state index contributed by atoms with van der Waals surface area (Å²) in [5.74, 6) is 0.769. The molecule has 0 aliphatic carbocycles. The van der Waals surface area contributed by atoms with E-state index in [1.54, 1.807) is 6.20 Å². The van der Waals surface area contributed by atoms with Crippen molar-refractivity contribution in [2.24, 2.45) is 5.41 Å². The van der Waals surface area contributed by atoms with Crippen molar-refractivity contribution in [3.63, 3.8) is 0 Å². The van der Waals surface area contributed by atoms with Crippen molar-refractivity contribution < 1.29 is 4.42 Å². The van der Waals surface area contributed by atoms with Crippen LogP contribution in [-0.2, 0) is 0 Å². The Kier molecular flexibility index (Phi) is 4.41. The van der Waals surface area contributed by atoms with Gasteiger partial charge in [0.15, 0.2) is 12.2 Å². The minimum absolute atomic E-state index is 0.110. The monoisotopic (exact) mass is 269 g/mol. The van der Waals surface area contributed by atoms with Gasteiger partial charge >= 0.3 is 0 Å². The van der Waals surface area contributed by atoms with Crippen LogP contribution in [0.15, 0.2) is 41.3 Å². The van der Waals surface area contributed by atoms with Crippen LogP contribution in [0.1, 0.15) is 26.7 Å². The molecular weight excluding hydrogens is 250 g/mol. The Balaban J connectivity index is 1.93. The third-order valence-electron chi connectivity index (χ3n) is 3.29. The van der Waals surface area contributed by atoms with Crippen LogP contribution < -0.4 is 5.32 Å². The number of nitrogens with one attached hydrogen (secondary N) is 1. The largest absolute Gasteiger partial charge is 0.444 e. The number of hydrogen-bond acceptors (Lipinski definition) is 4. The molecule has 0 fully saturated rings. The molecule has 1 aromatic carbocycles. The van der Waals surface area contributed by atoms with E-state index in [4.69, 9.17) is 9.68 Å². The van der Waals surface area contributed by atoms with Crippen LogP contribution in [0.25, 0.3) is 11.3 Å². The molecule has 104 valence electrons. The van der Waals surface area contributed by atoms with E-state index < -0.39 is 0 Å². The molecule has 2 rings (SSSR count). The Morgan fingerprint density at radius 3 is 2.65 bits per heavy atom. The number of aromatic nitrogens is 1. The third kappa shape index (κ3) is 3.86. The lowest BCUT2D eigenvalue weighted by Crippen LogP contribution is -2.22. The molecule has 1 heterocycles. The maximum atomic E-state index is 8.65. The number of benzene rings is 1. The summed E-state index contributed by atoms with van der Waals surface area (Å²) in [5.41, 5.74) is 2.19. The highest BCUT2D eigenvalue weighted by molar-refractivity contribution is 5.60. The van der Waals surface area contributed by atoms with Crippen LogP contribution in [0.3, 0.4) is 0 Å². The number of nitrogens with zero attached hydrogens (tertiary/aromatic N) is 2. The second-order valence-corrected chi connectivity index (χ2v) is 5.62. The van der Waals surface area contributed by atoms with E-state index in [0.717, 1.165) is 30.0 Å². The van der Waals surface area contributed by atoms with Crippen LogP contribution in [0.2, 0.25) is 0 Å². The van der Waals surface area contributed by atoms with Gasteiger partial charge in [0.1, 0.15) is 0 Å². The van der Waals surface area contributed by atoms with Gasteiger partial charge in [-0.1, -0.05) is 13.8 Å². The van der Waals surface area contributed by atoms with Gasteiger partial charge in [-0.25, -0.2) is 4.98 Å². The Morgan fingerprint density at radius 2 is 2.05 bits per heavy atom. The molecule has 4 nitrogen and oxygen atoms in total. The topological polar surface area (TPSA) is 61.9 Å². The van der Waals surface area contributed by atoms with Gasteiger partial charge in [0, 0.05) is 24.2 Å². The lowest BCUT2D eigenvalue weighted by molar-refractivity contribution is 0.364. The zero-order valence-electron chi connectivity index (χ0n) is 11.9. The van der Waals surface area contributed by atoms with Gasteiger partial charge in [0.05, 0.1) is 12.3 Å². The maximum Gasteiger partial charge on any atom is 0.181 e. The molecule has 0 aliphatic rings. The Hall–Kier alpha value is -2.28. The minimum atomic E-state index is 0.110. The predicted octanol–water partition coefficient (Wildman–Crippen LogP) is 4.08. The molecule has 0 spiro atoms. The Labute approximate surface area is 119 Å². The van der Waals surface area contributed by atoms with Gasteiger partial charge in [-0.15, -0.1) is 0 Å². The van der Waals surface area contributed by atoms with Crippen molar-refractivity contribution in [3.8, 4) is 17.4 Å². The third-order valence-corrected chi connectivity index (χ3v) is 3.29. The summed E-state index contributed by atoms with van der Waals surface area (Å²) in [7, 11) is 0. The first-order valence-corrected chi connectivity index (χ1v) is 6.70. The average Bonchev–Trinajstić information content (AvgIpc) is 2.98. The first kappa shape index (κ1) is 14.1. The quantitative estimate of drug-likeness (QED) is 0.858. The molecule has 0 saturated heterocycles. The van der Waals surface area contributed by atoms with Crippen LogP contribution in [0.5, 0.6) is 0 Å². The van der Waals surface area contributed by atoms with Gasteiger partial charge in [-0.05, 0) is 36.1 Å². The standard InChI is InChI=1S/C16H19N3O/c1-16(2,8-3-9-17)11-19-14-6-4-13(5-7-14)15-10-18-12-20-15/h4-7,10,12,19H,3,8,11H2,1-2H3. The number of oxazole rings is 1. The van der Waals surface area contributed by atoms with Crippen molar-refractivity contribution in [1.29, 1.82) is 5.26 Å². The summed E-state index contributed by atoms with van der Waals surface area (Å²) >= 11 is 0. The molecule has 1 N–H and O–H groups in total. The van der Waals surface area contributed by atoms with E-state index in [-0.39, 0.29) is 5.41 Å². The summed E-state index contributed by atoms with van der Waals surface area (Å²) in [6, 6.07) is 10.3. The second kappa shape index (κ2) is 6.25. The summed E-state index contributed by atoms with van der Waals surface area (Å²) in [6.07, 6.45) is 4.62. The summed E-state index contributed by atoms with van der Waals surface area (Å²) in [5, 5.41) is 12.1. The lowest BCUT2D eigenvalue weighted by atomic mass is 9.88.